The van der Waals surface area contributed by atoms with Crippen LogP contribution in [-0.2, 0) is 10.0 Å². The molecule has 0 bridgehead atoms. The zero-order valence-corrected chi connectivity index (χ0v) is 15.3. The van der Waals surface area contributed by atoms with Gasteiger partial charge in [0.2, 0.25) is 0 Å². The Morgan fingerprint density at radius 2 is 1.96 bits per heavy atom. The van der Waals surface area contributed by atoms with Gasteiger partial charge in [0.15, 0.2) is 0 Å². The fourth-order valence-corrected chi connectivity index (χ4v) is 4.32. The van der Waals surface area contributed by atoms with Crippen LogP contribution in [0.3, 0.4) is 0 Å². The lowest BCUT2D eigenvalue weighted by atomic mass is 10.2. The molecule has 8 heteroatoms. The van der Waals surface area contributed by atoms with Gasteiger partial charge in [-0.1, -0.05) is 29.8 Å². The lowest BCUT2D eigenvalue weighted by Crippen LogP contribution is -2.32. The van der Waals surface area contributed by atoms with Crippen LogP contribution in [-0.4, -0.2) is 19.9 Å². The summed E-state index contributed by atoms with van der Waals surface area (Å²) in [6, 6.07) is 8.71. The number of sulfonamides is 1. The Hall–Kier alpha value is -2.38. The molecule has 2 aromatic carbocycles. The van der Waals surface area contributed by atoms with Gasteiger partial charge in [-0.25, -0.2) is 8.42 Å². The van der Waals surface area contributed by atoms with Gasteiger partial charge in [-0.3, -0.25) is 14.4 Å². The number of benzene rings is 2. The van der Waals surface area contributed by atoms with Crippen molar-refractivity contribution in [1.29, 1.82) is 0 Å². The van der Waals surface area contributed by atoms with E-state index in [0.29, 0.717) is 21.8 Å². The van der Waals surface area contributed by atoms with E-state index in [1.54, 1.807) is 32.0 Å². The number of nitro groups is 1. The third kappa shape index (κ3) is 3.67. The maximum absolute atomic E-state index is 13.2. The Morgan fingerprint density at radius 3 is 2.56 bits per heavy atom. The van der Waals surface area contributed by atoms with Gasteiger partial charge in [0.25, 0.3) is 15.7 Å². The van der Waals surface area contributed by atoms with E-state index in [0.717, 1.165) is 10.4 Å². The normalized spacial score (nSPS) is 11.2. The second-order valence-corrected chi connectivity index (χ2v) is 7.65. The number of nitrogens with zero attached hydrogens (tertiary/aromatic N) is 2. The highest BCUT2D eigenvalue weighted by molar-refractivity contribution is 7.92. The number of hydrogen-bond donors (Lipinski definition) is 0. The molecule has 6 nitrogen and oxygen atoms in total. The summed E-state index contributed by atoms with van der Waals surface area (Å²) in [5.74, 6) is 0. The summed E-state index contributed by atoms with van der Waals surface area (Å²) >= 11 is 6.12. The second kappa shape index (κ2) is 7.25. The number of aryl methyl sites for hydroxylation is 1. The largest absolute Gasteiger partial charge is 0.270 e. The Bertz CT molecular complexity index is 942. The van der Waals surface area contributed by atoms with Gasteiger partial charge in [0.1, 0.15) is 0 Å². The van der Waals surface area contributed by atoms with Crippen molar-refractivity contribution in [3.8, 4) is 0 Å². The molecule has 0 atom stereocenters. The van der Waals surface area contributed by atoms with Crippen LogP contribution < -0.4 is 4.31 Å². The number of halogens is 1. The molecule has 0 unspecified atom stereocenters. The molecule has 0 N–H and O–H groups in total. The monoisotopic (exact) mass is 380 g/mol. The van der Waals surface area contributed by atoms with Crippen molar-refractivity contribution in [2.24, 2.45) is 0 Å². The van der Waals surface area contributed by atoms with Crippen molar-refractivity contribution in [2.75, 3.05) is 10.8 Å². The molecule has 25 heavy (non-hydrogen) atoms. The molecule has 0 amide bonds. The Kier molecular flexibility index (Phi) is 5.49. The second-order valence-electron chi connectivity index (χ2n) is 5.42. The summed E-state index contributed by atoms with van der Waals surface area (Å²) in [6.07, 6.45) is 1.45. The van der Waals surface area contributed by atoms with Crippen LogP contribution >= 0.6 is 11.6 Å². The Balaban J connectivity index is 2.69. The quantitative estimate of drug-likeness (QED) is 0.426. The van der Waals surface area contributed by atoms with Crippen LogP contribution in [0.15, 0.2) is 53.9 Å². The van der Waals surface area contributed by atoms with Crippen molar-refractivity contribution < 1.29 is 13.3 Å². The molecule has 0 aliphatic rings. The first-order valence-corrected chi connectivity index (χ1v) is 9.15. The molecule has 2 rings (SSSR count). The fraction of sp³-hybridized carbons (Fsp3) is 0.176. The zero-order chi connectivity index (χ0) is 18.8. The van der Waals surface area contributed by atoms with Crippen LogP contribution in [0.2, 0.25) is 5.02 Å². The van der Waals surface area contributed by atoms with E-state index in [-0.39, 0.29) is 17.1 Å². The van der Waals surface area contributed by atoms with Gasteiger partial charge in [0, 0.05) is 17.2 Å². The van der Waals surface area contributed by atoms with E-state index in [9.17, 15) is 18.5 Å². The SMILES string of the molecule is C=CCN(c1cccc(Cl)c1C)S(=O)(=O)c1cc([N+](=O)[O-])ccc1C. The minimum Gasteiger partial charge on any atom is -0.262 e. The van der Waals surface area contributed by atoms with Crippen molar-refractivity contribution in [3.05, 3.63) is 75.3 Å². The minimum absolute atomic E-state index is 0.00560. The number of non-ortho nitro benzene ring substituents is 1. The molecule has 0 fully saturated rings. The van der Waals surface area contributed by atoms with Crippen LogP contribution in [0.4, 0.5) is 11.4 Å². The van der Waals surface area contributed by atoms with Crippen molar-refractivity contribution in [2.45, 2.75) is 18.7 Å². The molecule has 2 aromatic rings. The molecule has 132 valence electrons. The van der Waals surface area contributed by atoms with E-state index in [1.807, 2.05) is 0 Å². The molecule has 0 radical (unpaired) electrons. The van der Waals surface area contributed by atoms with Gasteiger partial charge in [-0.15, -0.1) is 6.58 Å². The third-order valence-corrected chi connectivity index (χ3v) is 6.08. The van der Waals surface area contributed by atoms with Crippen molar-refractivity contribution >= 4 is 33.0 Å². The highest BCUT2D eigenvalue weighted by Gasteiger charge is 2.28. The highest BCUT2D eigenvalue weighted by atomic mass is 35.5. The molecule has 0 spiro atoms. The molecule has 0 aromatic heterocycles. The summed E-state index contributed by atoms with van der Waals surface area (Å²) < 4.78 is 27.5. The highest BCUT2D eigenvalue weighted by Crippen LogP contribution is 2.32. The maximum Gasteiger partial charge on any atom is 0.270 e. The smallest absolute Gasteiger partial charge is 0.262 e. The van der Waals surface area contributed by atoms with Crippen LogP contribution in [0.25, 0.3) is 0 Å². The molecule has 0 aliphatic heterocycles. The van der Waals surface area contributed by atoms with Crippen LogP contribution in [0, 0.1) is 24.0 Å². The Labute approximate surface area is 151 Å². The molecule has 0 saturated heterocycles. The van der Waals surface area contributed by atoms with E-state index in [4.69, 9.17) is 11.6 Å². The summed E-state index contributed by atoms with van der Waals surface area (Å²) in [4.78, 5) is 10.3. The van der Waals surface area contributed by atoms with Gasteiger partial charge >= 0.3 is 0 Å². The molecular weight excluding hydrogens is 364 g/mol. The van der Waals surface area contributed by atoms with Gasteiger partial charge in [-0.2, -0.15) is 0 Å². The molecular formula is C17H17ClN2O4S. The standard InChI is InChI=1S/C17H17ClN2O4S/c1-4-10-19(16-7-5-6-15(18)13(16)3)25(23,24)17-11-14(20(21)22)9-8-12(17)2/h4-9,11H,1,10H2,2-3H3. The van der Waals surface area contributed by atoms with Crippen LogP contribution in [0.1, 0.15) is 11.1 Å². The minimum atomic E-state index is -4.04. The molecule has 0 heterocycles. The van der Waals surface area contributed by atoms with Gasteiger partial charge in [0.05, 0.1) is 22.1 Å². The Morgan fingerprint density at radius 1 is 1.28 bits per heavy atom. The van der Waals surface area contributed by atoms with Crippen molar-refractivity contribution in [1.82, 2.24) is 0 Å². The predicted molar refractivity (Wildman–Crippen MR) is 98.8 cm³/mol. The number of anilines is 1. The maximum atomic E-state index is 13.2. The predicted octanol–water partition coefficient (Wildman–Crippen LogP) is 4.25. The first-order valence-electron chi connectivity index (χ1n) is 7.34. The van der Waals surface area contributed by atoms with E-state index in [1.165, 1.54) is 18.2 Å². The van der Waals surface area contributed by atoms with Crippen LogP contribution in [0.5, 0.6) is 0 Å². The lowest BCUT2D eigenvalue weighted by molar-refractivity contribution is -0.385. The van der Waals surface area contributed by atoms with Crippen molar-refractivity contribution in [3.63, 3.8) is 0 Å². The number of hydrogen-bond acceptors (Lipinski definition) is 4. The first kappa shape index (κ1) is 19.0. The summed E-state index contributed by atoms with van der Waals surface area (Å²) in [5.41, 5.74) is 1.13. The topological polar surface area (TPSA) is 80.5 Å². The molecule has 0 saturated carbocycles. The molecule has 0 aliphatic carbocycles. The average molecular weight is 381 g/mol. The fourth-order valence-electron chi connectivity index (χ4n) is 2.41. The third-order valence-electron chi connectivity index (χ3n) is 3.75. The van der Waals surface area contributed by atoms with Gasteiger partial charge < -0.3 is 0 Å². The number of rotatable bonds is 6. The van der Waals surface area contributed by atoms with E-state index < -0.39 is 14.9 Å². The summed E-state index contributed by atoms with van der Waals surface area (Å²) in [7, 11) is -4.04. The lowest BCUT2D eigenvalue weighted by Gasteiger charge is -2.25. The summed E-state index contributed by atoms with van der Waals surface area (Å²) in [6.45, 7) is 6.91. The number of nitro benzene ring substituents is 1. The van der Waals surface area contributed by atoms with Gasteiger partial charge in [-0.05, 0) is 37.1 Å². The van der Waals surface area contributed by atoms with E-state index in [2.05, 4.69) is 6.58 Å². The zero-order valence-electron chi connectivity index (χ0n) is 13.8. The first-order chi connectivity index (χ1) is 11.7. The average Bonchev–Trinajstić information content (AvgIpc) is 2.55. The van der Waals surface area contributed by atoms with E-state index >= 15 is 0 Å². The summed E-state index contributed by atoms with van der Waals surface area (Å²) in [5, 5.41) is 11.4.